The number of ether oxygens (including phenoxy) is 1. The molecule has 8 nitrogen and oxygen atoms in total. The van der Waals surface area contributed by atoms with Crippen LogP contribution in [-0.2, 0) is 26.1 Å². The largest absolute Gasteiger partial charge is 0.456 e. The highest BCUT2D eigenvalue weighted by Crippen LogP contribution is 2.22. The van der Waals surface area contributed by atoms with Crippen molar-refractivity contribution < 1.29 is 22.7 Å². The third kappa shape index (κ3) is 4.14. The minimum absolute atomic E-state index is 0.0804. The van der Waals surface area contributed by atoms with E-state index in [0.29, 0.717) is 17.7 Å². The number of benzene rings is 1. The fourth-order valence-electron chi connectivity index (χ4n) is 3.16. The molecule has 1 aliphatic heterocycles. The maximum atomic E-state index is 12.4. The number of sulfonamides is 1. The highest BCUT2D eigenvalue weighted by atomic mass is 32.2. The van der Waals surface area contributed by atoms with Gasteiger partial charge < -0.3 is 9.30 Å². The number of nitrogens with zero attached hydrogens (tertiary/aromatic N) is 2. The Bertz CT molecular complexity index is 1130. The first-order chi connectivity index (χ1) is 13.7. The number of Topliss-reactive ketones (excluding diaryl/α,β-unsaturated/α-hetero) is 1. The Labute approximate surface area is 169 Å². The van der Waals surface area contributed by atoms with Crippen molar-refractivity contribution in [2.45, 2.75) is 25.3 Å². The van der Waals surface area contributed by atoms with Gasteiger partial charge in [0.25, 0.3) is 10.0 Å². The lowest BCUT2D eigenvalue weighted by Gasteiger charge is -2.06. The van der Waals surface area contributed by atoms with Crippen molar-refractivity contribution >= 4 is 27.6 Å². The molecule has 0 bridgehead atoms. The minimum Gasteiger partial charge on any atom is -0.456 e. The molecule has 0 unspecified atom stereocenters. The molecule has 29 heavy (non-hydrogen) atoms. The van der Waals surface area contributed by atoms with Crippen LogP contribution in [-0.4, -0.2) is 43.7 Å². The second-order valence-electron chi connectivity index (χ2n) is 6.53. The number of aromatic nitrogens is 1. The van der Waals surface area contributed by atoms with E-state index < -0.39 is 29.1 Å². The molecule has 0 saturated heterocycles. The Kier molecular flexibility index (Phi) is 5.69. The summed E-state index contributed by atoms with van der Waals surface area (Å²) in [6.07, 6.45) is 1.74. The van der Waals surface area contributed by atoms with Gasteiger partial charge in [0.05, 0.1) is 4.90 Å². The molecule has 2 heterocycles. The summed E-state index contributed by atoms with van der Waals surface area (Å²) < 4.78 is 33.3. The van der Waals surface area contributed by atoms with E-state index in [9.17, 15) is 18.0 Å². The number of hydrogen-bond donors (Lipinski definition) is 1. The zero-order valence-corrected chi connectivity index (χ0v) is 17.0. The van der Waals surface area contributed by atoms with E-state index in [2.05, 4.69) is 16.3 Å². The first-order valence-electron chi connectivity index (χ1n) is 8.87. The van der Waals surface area contributed by atoms with Gasteiger partial charge in [-0.3, -0.25) is 19.3 Å². The second kappa shape index (κ2) is 8.04. The summed E-state index contributed by atoms with van der Waals surface area (Å²) in [5.74, 6) is -0.965. The number of allylic oxidation sites excluding steroid dienone is 1. The van der Waals surface area contributed by atoms with Crippen molar-refractivity contribution in [3.63, 3.8) is 0 Å². The van der Waals surface area contributed by atoms with Gasteiger partial charge in [0.15, 0.2) is 6.61 Å². The van der Waals surface area contributed by atoms with E-state index in [4.69, 9.17) is 4.74 Å². The number of esters is 1. The molecule has 152 valence electrons. The number of rotatable bonds is 7. The molecule has 0 aliphatic carbocycles. The highest BCUT2D eigenvalue weighted by molar-refractivity contribution is 7.90. The van der Waals surface area contributed by atoms with E-state index in [0.717, 1.165) is 11.4 Å². The standard InChI is InChI=1S/C20H21N3O5S/c1-4-9-23-13(2)10-16(14(23)3)17(24)12-28-19(25)11-21-20-15-7-5-6-8-18(15)29(26,27)22-20/h4-8,10H,1,9,11-12H2,2-3H3,(H,21,22). The van der Waals surface area contributed by atoms with Gasteiger partial charge in [-0.2, -0.15) is 0 Å². The van der Waals surface area contributed by atoms with Crippen molar-refractivity contribution in [3.8, 4) is 0 Å². The molecule has 0 amide bonds. The lowest BCUT2D eigenvalue weighted by atomic mass is 10.1. The first kappa shape index (κ1) is 20.5. The van der Waals surface area contributed by atoms with Crippen LogP contribution in [0.25, 0.3) is 0 Å². The number of nitrogens with one attached hydrogen (secondary N) is 1. The van der Waals surface area contributed by atoms with Gasteiger partial charge in [0.2, 0.25) is 5.78 Å². The number of hydrogen-bond acceptors (Lipinski definition) is 6. The van der Waals surface area contributed by atoms with Crippen LogP contribution in [0.5, 0.6) is 0 Å². The molecule has 0 spiro atoms. The summed E-state index contributed by atoms with van der Waals surface area (Å²) in [5, 5.41) is 0. The Morgan fingerprint density at radius 3 is 2.72 bits per heavy atom. The van der Waals surface area contributed by atoms with E-state index in [-0.39, 0.29) is 16.5 Å². The third-order valence-electron chi connectivity index (χ3n) is 4.58. The number of ketones is 1. The number of aliphatic imine (C=N–C) groups is 1. The van der Waals surface area contributed by atoms with E-state index >= 15 is 0 Å². The summed E-state index contributed by atoms with van der Waals surface area (Å²) >= 11 is 0. The summed E-state index contributed by atoms with van der Waals surface area (Å²) in [6, 6.07) is 8.09. The van der Waals surface area contributed by atoms with Crippen molar-refractivity contribution in [2.24, 2.45) is 4.99 Å². The molecule has 0 radical (unpaired) electrons. The van der Waals surface area contributed by atoms with Crippen LogP contribution in [0.4, 0.5) is 0 Å². The summed E-state index contributed by atoms with van der Waals surface area (Å²) in [5.41, 5.74) is 2.57. The van der Waals surface area contributed by atoms with Gasteiger partial charge in [-0.05, 0) is 32.0 Å². The molecule has 1 N–H and O–H groups in total. The zero-order chi connectivity index (χ0) is 21.2. The summed E-state index contributed by atoms with van der Waals surface area (Å²) in [4.78, 5) is 28.5. The predicted octanol–water partition coefficient (Wildman–Crippen LogP) is 1.76. The molecular formula is C20H21N3O5S. The van der Waals surface area contributed by atoms with Crippen molar-refractivity contribution in [3.05, 3.63) is 65.5 Å². The average Bonchev–Trinajstić information content (AvgIpc) is 3.12. The van der Waals surface area contributed by atoms with Crippen LogP contribution in [0.2, 0.25) is 0 Å². The lowest BCUT2D eigenvalue weighted by Crippen LogP contribution is -2.24. The van der Waals surface area contributed by atoms with E-state index in [1.807, 2.05) is 18.4 Å². The average molecular weight is 415 g/mol. The van der Waals surface area contributed by atoms with Crippen LogP contribution in [0.3, 0.4) is 0 Å². The quantitative estimate of drug-likeness (QED) is 0.421. The number of carbonyl (C=O) groups excluding carboxylic acids is 2. The number of fused-ring (bicyclic) bond motifs is 1. The van der Waals surface area contributed by atoms with Crippen LogP contribution < -0.4 is 4.72 Å². The van der Waals surface area contributed by atoms with Crippen molar-refractivity contribution in [2.75, 3.05) is 13.2 Å². The van der Waals surface area contributed by atoms with E-state index in [1.54, 1.807) is 30.3 Å². The molecule has 0 atom stereocenters. The topological polar surface area (TPSA) is 107 Å². The third-order valence-corrected chi connectivity index (χ3v) is 5.98. The van der Waals surface area contributed by atoms with Gasteiger partial charge in [-0.25, -0.2) is 8.42 Å². The maximum absolute atomic E-state index is 12.4. The van der Waals surface area contributed by atoms with Gasteiger partial charge in [-0.15, -0.1) is 6.58 Å². The molecule has 9 heteroatoms. The lowest BCUT2D eigenvalue weighted by molar-refractivity contribution is -0.140. The van der Waals surface area contributed by atoms with Gasteiger partial charge >= 0.3 is 5.97 Å². The molecule has 1 aromatic heterocycles. The molecule has 0 fully saturated rings. The maximum Gasteiger partial charge on any atom is 0.328 e. The predicted molar refractivity (Wildman–Crippen MR) is 108 cm³/mol. The van der Waals surface area contributed by atoms with Gasteiger partial charge in [0.1, 0.15) is 12.4 Å². The smallest absolute Gasteiger partial charge is 0.328 e. The molecule has 1 aliphatic rings. The highest BCUT2D eigenvalue weighted by Gasteiger charge is 2.30. The fourth-order valence-corrected chi connectivity index (χ4v) is 4.41. The fraction of sp³-hybridized carbons (Fsp3) is 0.250. The Balaban J connectivity index is 1.63. The monoisotopic (exact) mass is 415 g/mol. The minimum atomic E-state index is -3.67. The Morgan fingerprint density at radius 2 is 2.00 bits per heavy atom. The summed E-state index contributed by atoms with van der Waals surface area (Å²) in [7, 11) is -3.67. The summed E-state index contributed by atoms with van der Waals surface area (Å²) in [6.45, 7) is 7.17. The Hall–Kier alpha value is -3.20. The van der Waals surface area contributed by atoms with Crippen molar-refractivity contribution in [1.29, 1.82) is 0 Å². The van der Waals surface area contributed by atoms with Crippen LogP contribution >= 0.6 is 0 Å². The second-order valence-corrected chi connectivity index (χ2v) is 8.19. The van der Waals surface area contributed by atoms with Gasteiger partial charge in [-0.1, -0.05) is 18.2 Å². The first-order valence-corrected chi connectivity index (χ1v) is 10.4. The zero-order valence-electron chi connectivity index (χ0n) is 16.1. The molecular weight excluding hydrogens is 394 g/mol. The molecule has 2 aromatic rings. The number of carbonyl (C=O) groups is 2. The van der Waals surface area contributed by atoms with Crippen LogP contribution in [0, 0.1) is 13.8 Å². The molecule has 1 aromatic carbocycles. The number of aryl methyl sites for hydroxylation is 1. The van der Waals surface area contributed by atoms with Crippen LogP contribution in [0.1, 0.15) is 27.3 Å². The normalized spacial score (nSPS) is 15.6. The molecule has 0 saturated carbocycles. The SMILES string of the molecule is C=CCn1c(C)cc(C(=O)COC(=O)CN=C2NS(=O)(=O)c3ccccc32)c1C. The van der Waals surface area contributed by atoms with Crippen LogP contribution in [0.15, 0.2) is 52.9 Å². The van der Waals surface area contributed by atoms with Gasteiger partial charge in [0, 0.05) is 29.1 Å². The molecule has 3 rings (SSSR count). The van der Waals surface area contributed by atoms with E-state index in [1.165, 1.54) is 6.07 Å². The Morgan fingerprint density at radius 1 is 1.28 bits per heavy atom. The number of amidine groups is 1. The van der Waals surface area contributed by atoms with Crippen molar-refractivity contribution in [1.82, 2.24) is 9.29 Å².